The van der Waals surface area contributed by atoms with Crippen molar-refractivity contribution in [3.05, 3.63) is 34.9 Å². The Balaban J connectivity index is 1.36. The Morgan fingerprint density at radius 1 is 1.20 bits per heavy atom. The molecule has 3 aliphatic rings. The number of cyclic esters (lactones) is 1. The van der Waals surface area contributed by atoms with Crippen LogP contribution in [0, 0.1) is 31.6 Å². The first kappa shape index (κ1) is 16.4. The van der Waals surface area contributed by atoms with E-state index in [1.807, 2.05) is 4.90 Å². The molecule has 1 N–H and O–H groups in total. The lowest BCUT2D eigenvalue weighted by Gasteiger charge is -2.27. The van der Waals surface area contributed by atoms with E-state index in [4.69, 9.17) is 4.74 Å². The molecule has 0 spiro atoms. The summed E-state index contributed by atoms with van der Waals surface area (Å²) in [6, 6.07) is 6.78. The van der Waals surface area contributed by atoms with E-state index in [1.54, 1.807) is 0 Å². The van der Waals surface area contributed by atoms with Crippen LogP contribution in [0.3, 0.4) is 0 Å². The number of amides is 2. The molecule has 1 aromatic carbocycles. The molecule has 2 aliphatic heterocycles. The van der Waals surface area contributed by atoms with E-state index in [-0.39, 0.29) is 11.8 Å². The fourth-order valence-corrected chi connectivity index (χ4v) is 4.50. The molecule has 5 heteroatoms. The molecular formula is C20H26N2O3. The zero-order chi connectivity index (χ0) is 17.6. The fraction of sp³-hybridized carbons (Fsp3) is 0.600. The van der Waals surface area contributed by atoms with Gasteiger partial charge in [0.15, 0.2) is 0 Å². The maximum Gasteiger partial charge on any atom is 0.407 e. The molecule has 0 unspecified atom stereocenters. The summed E-state index contributed by atoms with van der Waals surface area (Å²) in [5, 5.41) is 2.70. The molecule has 25 heavy (non-hydrogen) atoms. The summed E-state index contributed by atoms with van der Waals surface area (Å²) in [7, 11) is 0. The van der Waals surface area contributed by atoms with Gasteiger partial charge in [-0.05, 0) is 61.1 Å². The van der Waals surface area contributed by atoms with Gasteiger partial charge in [0.25, 0.3) is 0 Å². The molecule has 2 heterocycles. The van der Waals surface area contributed by atoms with Crippen molar-refractivity contribution < 1.29 is 14.3 Å². The molecule has 0 bridgehead atoms. The van der Waals surface area contributed by atoms with Gasteiger partial charge in [0, 0.05) is 19.6 Å². The smallest absolute Gasteiger partial charge is 0.407 e. The molecule has 0 aromatic heterocycles. The van der Waals surface area contributed by atoms with Gasteiger partial charge in [-0.1, -0.05) is 18.2 Å². The summed E-state index contributed by atoms with van der Waals surface area (Å²) < 4.78 is 4.97. The first-order valence-electron chi connectivity index (χ1n) is 9.31. The Labute approximate surface area is 148 Å². The molecule has 1 saturated carbocycles. The second-order valence-corrected chi connectivity index (χ2v) is 7.80. The van der Waals surface area contributed by atoms with Gasteiger partial charge in [-0.2, -0.15) is 0 Å². The monoisotopic (exact) mass is 342 g/mol. The highest BCUT2D eigenvalue weighted by Gasteiger charge is 2.57. The molecule has 2 saturated heterocycles. The summed E-state index contributed by atoms with van der Waals surface area (Å²) in [6.07, 6.45) is 1.14. The Morgan fingerprint density at radius 2 is 1.96 bits per heavy atom. The molecule has 2 amide bonds. The lowest BCUT2D eigenvalue weighted by molar-refractivity contribution is -0.135. The van der Waals surface area contributed by atoms with E-state index >= 15 is 0 Å². The minimum Gasteiger partial charge on any atom is -0.450 e. The number of hydrogen-bond acceptors (Lipinski definition) is 3. The van der Waals surface area contributed by atoms with Crippen molar-refractivity contribution in [3.8, 4) is 0 Å². The predicted octanol–water partition coefficient (Wildman–Crippen LogP) is 2.61. The summed E-state index contributed by atoms with van der Waals surface area (Å²) in [5.41, 5.74) is 4.12. The maximum atomic E-state index is 12.8. The third-order valence-electron chi connectivity index (χ3n) is 6.19. The van der Waals surface area contributed by atoms with Crippen molar-refractivity contribution in [1.82, 2.24) is 10.2 Å². The van der Waals surface area contributed by atoms with E-state index in [0.29, 0.717) is 30.9 Å². The minimum absolute atomic E-state index is 0.106. The van der Waals surface area contributed by atoms with Crippen LogP contribution in [0.2, 0.25) is 0 Å². The number of hydrogen-bond donors (Lipinski definition) is 1. The summed E-state index contributed by atoms with van der Waals surface area (Å²) in [6.45, 7) is 6.83. The zero-order valence-corrected chi connectivity index (χ0v) is 15.0. The van der Waals surface area contributed by atoms with Gasteiger partial charge in [0.05, 0.1) is 12.5 Å². The first-order valence-corrected chi connectivity index (χ1v) is 9.31. The number of piperidine rings is 1. The molecule has 4 atom stereocenters. The van der Waals surface area contributed by atoms with Gasteiger partial charge < -0.3 is 15.0 Å². The second-order valence-electron chi connectivity index (χ2n) is 7.80. The summed E-state index contributed by atoms with van der Waals surface area (Å²) in [4.78, 5) is 26.2. The second kappa shape index (κ2) is 6.36. The van der Waals surface area contributed by atoms with Crippen LogP contribution in [-0.4, -0.2) is 43.1 Å². The quantitative estimate of drug-likeness (QED) is 0.899. The third kappa shape index (κ3) is 3.12. The number of carbonyl (C=O) groups excluding carboxylic acids is 2. The third-order valence-corrected chi connectivity index (χ3v) is 6.19. The number of nitrogens with zero attached hydrogens (tertiary/aromatic N) is 1. The molecule has 4 rings (SSSR count). The van der Waals surface area contributed by atoms with Gasteiger partial charge in [0.1, 0.15) is 0 Å². The average Bonchev–Trinajstić information content (AvgIpc) is 3.07. The number of rotatable bonds is 2. The Kier molecular flexibility index (Phi) is 4.18. The van der Waals surface area contributed by atoms with E-state index in [2.05, 4.69) is 37.4 Å². The van der Waals surface area contributed by atoms with Crippen molar-refractivity contribution in [2.45, 2.75) is 32.6 Å². The van der Waals surface area contributed by atoms with Crippen molar-refractivity contribution in [2.75, 3.05) is 26.2 Å². The highest BCUT2D eigenvalue weighted by molar-refractivity contribution is 5.80. The topological polar surface area (TPSA) is 58.6 Å². The van der Waals surface area contributed by atoms with Crippen molar-refractivity contribution >= 4 is 12.0 Å². The van der Waals surface area contributed by atoms with Crippen LogP contribution >= 0.6 is 0 Å². The van der Waals surface area contributed by atoms with Crippen molar-refractivity contribution in [3.63, 3.8) is 0 Å². The molecule has 1 aromatic rings. The number of ether oxygens (including phenoxy) is 1. The standard InChI is InChI=1S/C20H26N2O3/c1-12-5-6-14(8-13(12)2)18-16-10-22(11-17(16)18)19(23)15-4-3-7-25-20(24)21-9-15/h5-6,8,15-18H,3-4,7,9-11H2,1-2H3,(H,21,24)/t15-,16-,17+,18+/m1/s1. The summed E-state index contributed by atoms with van der Waals surface area (Å²) >= 11 is 0. The Hall–Kier alpha value is -2.04. The molecule has 0 radical (unpaired) electrons. The van der Waals surface area contributed by atoms with E-state index in [9.17, 15) is 9.59 Å². The lowest BCUT2D eigenvalue weighted by Crippen LogP contribution is -2.43. The SMILES string of the molecule is Cc1ccc([C@H]2[C@@H]3CN(C(=O)[C@@H]4CCCOC(=O)NC4)C[C@@H]32)cc1C. The summed E-state index contributed by atoms with van der Waals surface area (Å²) in [5.74, 6) is 1.93. The number of benzene rings is 1. The van der Waals surface area contributed by atoms with Crippen molar-refractivity contribution in [2.24, 2.45) is 17.8 Å². The van der Waals surface area contributed by atoms with E-state index in [0.717, 1.165) is 25.9 Å². The van der Waals surface area contributed by atoms with Crippen LogP contribution in [0.1, 0.15) is 35.4 Å². The average molecular weight is 342 g/mol. The Bertz CT molecular complexity index is 690. The van der Waals surface area contributed by atoms with Gasteiger partial charge in [-0.15, -0.1) is 0 Å². The lowest BCUT2D eigenvalue weighted by atomic mass is 9.99. The predicted molar refractivity (Wildman–Crippen MR) is 94.3 cm³/mol. The molecule has 5 nitrogen and oxygen atoms in total. The van der Waals surface area contributed by atoms with Crippen LogP contribution in [-0.2, 0) is 9.53 Å². The number of alkyl carbamates (subject to hydrolysis) is 1. The highest BCUT2D eigenvalue weighted by atomic mass is 16.5. The molecule has 1 aliphatic carbocycles. The highest BCUT2D eigenvalue weighted by Crippen LogP contribution is 2.58. The number of aryl methyl sites for hydroxylation is 2. The van der Waals surface area contributed by atoms with Crippen LogP contribution in [0.4, 0.5) is 4.79 Å². The fourth-order valence-electron chi connectivity index (χ4n) is 4.50. The maximum absolute atomic E-state index is 12.8. The molecule has 134 valence electrons. The van der Waals surface area contributed by atoms with Crippen molar-refractivity contribution in [1.29, 1.82) is 0 Å². The van der Waals surface area contributed by atoms with E-state index in [1.165, 1.54) is 16.7 Å². The van der Waals surface area contributed by atoms with Gasteiger partial charge >= 0.3 is 6.09 Å². The van der Waals surface area contributed by atoms with E-state index < -0.39 is 6.09 Å². The van der Waals surface area contributed by atoms with Gasteiger partial charge in [-0.25, -0.2) is 4.79 Å². The number of fused-ring (bicyclic) bond motifs is 1. The Morgan fingerprint density at radius 3 is 2.68 bits per heavy atom. The van der Waals surface area contributed by atoms with Crippen LogP contribution in [0.25, 0.3) is 0 Å². The normalized spacial score (nSPS) is 31.4. The first-order chi connectivity index (χ1) is 12.0. The zero-order valence-electron chi connectivity index (χ0n) is 15.0. The van der Waals surface area contributed by atoms with Crippen LogP contribution in [0.5, 0.6) is 0 Å². The molecular weight excluding hydrogens is 316 g/mol. The number of nitrogens with one attached hydrogen (secondary N) is 1. The van der Waals surface area contributed by atoms with Crippen LogP contribution in [0.15, 0.2) is 18.2 Å². The van der Waals surface area contributed by atoms with Crippen LogP contribution < -0.4 is 5.32 Å². The number of likely N-dealkylation sites (tertiary alicyclic amines) is 1. The van der Waals surface area contributed by atoms with Gasteiger partial charge in [-0.3, -0.25) is 4.79 Å². The largest absolute Gasteiger partial charge is 0.450 e. The molecule has 3 fully saturated rings. The van der Waals surface area contributed by atoms with Gasteiger partial charge in [0.2, 0.25) is 5.91 Å². The minimum atomic E-state index is -0.406. The number of carbonyl (C=O) groups is 2.